The molecule has 0 bridgehead atoms. The minimum Gasteiger partial charge on any atom is -0.488 e. The fraction of sp³-hybridized carbons (Fsp3) is 0.760. The molecule has 4 aliphatic carbocycles. The van der Waals surface area contributed by atoms with E-state index in [1.54, 1.807) is 0 Å². The van der Waals surface area contributed by atoms with Gasteiger partial charge < -0.3 is 4.74 Å². The molecule has 4 aliphatic rings. The molecule has 4 fully saturated rings. The summed E-state index contributed by atoms with van der Waals surface area (Å²) in [5, 5.41) is 0.758. The third-order valence-corrected chi connectivity index (χ3v) is 9.91. The van der Waals surface area contributed by atoms with Gasteiger partial charge in [-0.25, -0.2) is 0 Å². The van der Waals surface area contributed by atoms with Crippen LogP contribution in [0.15, 0.2) is 24.3 Å². The molecule has 2 unspecified atom stereocenters. The minimum atomic E-state index is 0.332. The first-order valence-electron chi connectivity index (χ1n) is 11.4. The Morgan fingerprint density at radius 3 is 2.52 bits per heavy atom. The number of benzene rings is 1. The van der Waals surface area contributed by atoms with E-state index in [9.17, 15) is 0 Å². The zero-order valence-electron chi connectivity index (χ0n) is 17.1. The predicted molar refractivity (Wildman–Crippen MR) is 112 cm³/mol. The molecule has 0 amide bonds. The van der Waals surface area contributed by atoms with Crippen LogP contribution in [0.3, 0.4) is 0 Å². The molecule has 4 saturated carbocycles. The SMILES string of the molecule is C[C@]12CCCCC1CC[C@@H]1[C@H]2CC[C@]2(C)C(Oc3ccccc3Cl)CC[C@@H]12. The van der Waals surface area contributed by atoms with E-state index in [1.165, 1.54) is 64.2 Å². The maximum atomic E-state index is 6.56. The lowest BCUT2D eigenvalue weighted by atomic mass is 9.45. The minimum absolute atomic E-state index is 0.332. The van der Waals surface area contributed by atoms with Crippen LogP contribution in [0.4, 0.5) is 0 Å². The Balaban J connectivity index is 1.39. The molecule has 148 valence electrons. The molecule has 0 heterocycles. The van der Waals surface area contributed by atoms with E-state index < -0.39 is 0 Å². The molecule has 0 saturated heterocycles. The summed E-state index contributed by atoms with van der Waals surface area (Å²) < 4.78 is 6.56. The molecular weight excluding hydrogens is 352 g/mol. The van der Waals surface area contributed by atoms with Crippen LogP contribution in [-0.2, 0) is 0 Å². The number of rotatable bonds is 2. The zero-order valence-corrected chi connectivity index (χ0v) is 17.8. The lowest BCUT2D eigenvalue weighted by molar-refractivity contribution is -0.117. The fourth-order valence-electron chi connectivity index (χ4n) is 8.13. The normalized spacial score (nSPS) is 46.3. The van der Waals surface area contributed by atoms with Crippen molar-refractivity contribution < 1.29 is 4.74 Å². The average molecular weight is 387 g/mol. The van der Waals surface area contributed by atoms with Gasteiger partial charge in [0, 0.05) is 5.41 Å². The molecule has 7 atom stereocenters. The van der Waals surface area contributed by atoms with E-state index in [4.69, 9.17) is 16.3 Å². The molecule has 1 nitrogen and oxygen atoms in total. The summed E-state index contributed by atoms with van der Waals surface area (Å²) in [7, 11) is 0. The molecule has 27 heavy (non-hydrogen) atoms. The highest BCUT2D eigenvalue weighted by Crippen LogP contribution is 2.66. The van der Waals surface area contributed by atoms with Gasteiger partial charge in [0.05, 0.1) is 5.02 Å². The van der Waals surface area contributed by atoms with Gasteiger partial charge in [-0.3, -0.25) is 0 Å². The summed E-state index contributed by atoms with van der Waals surface area (Å²) in [6.07, 6.45) is 14.6. The maximum absolute atomic E-state index is 6.56. The third-order valence-electron chi connectivity index (χ3n) is 9.60. The Kier molecular flexibility index (Phi) is 4.54. The third kappa shape index (κ3) is 2.78. The first-order chi connectivity index (χ1) is 13.0. The quantitative estimate of drug-likeness (QED) is 0.510. The van der Waals surface area contributed by atoms with Crippen LogP contribution in [0, 0.1) is 34.5 Å². The van der Waals surface area contributed by atoms with Gasteiger partial charge in [0.1, 0.15) is 11.9 Å². The van der Waals surface area contributed by atoms with E-state index in [1.807, 2.05) is 24.3 Å². The predicted octanol–water partition coefficient (Wildman–Crippen LogP) is 7.52. The Labute approximate surface area is 170 Å². The zero-order chi connectivity index (χ0) is 18.6. The second kappa shape index (κ2) is 6.68. The Morgan fingerprint density at radius 1 is 0.852 bits per heavy atom. The van der Waals surface area contributed by atoms with E-state index in [2.05, 4.69) is 13.8 Å². The van der Waals surface area contributed by atoms with Gasteiger partial charge in [0.2, 0.25) is 0 Å². The molecule has 5 rings (SSSR count). The van der Waals surface area contributed by atoms with E-state index >= 15 is 0 Å². The van der Waals surface area contributed by atoms with Gasteiger partial charge >= 0.3 is 0 Å². The highest BCUT2D eigenvalue weighted by Gasteiger charge is 2.60. The monoisotopic (exact) mass is 386 g/mol. The summed E-state index contributed by atoms with van der Waals surface area (Å²) in [6, 6.07) is 8.02. The van der Waals surface area contributed by atoms with Crippen LogP contribution < -0.4 is 4.74 Å². The largest absolute Gasteiger partial charge is 0.488 e. The van der Waals surface area contributed by atoms with E-state index in [0.717, 1.165) is 34.4 Å². The lowest BCUT2D eigenvalue weighted by Gasteiger charge is -2.60. The molecule has 2 heteroatoms. The topological polar surface area (TPSA) is 9.23 Å². The van der Waals surface area contributed by atoms with Crippen molar-refractivity contribution in [2.75, 3.05) is 0 Å². The number of fused-ring (bicyclic) bond motifs is 5. The standard InChI is InChI=1S/C25H35ClO/c1-24-15-6-5-7-17(24)10-11-18-19-12-13-23(25(19,2)16-14-20(18)24)27-22-9-4-3-8-21(22)26/h3-4,8-9,17-20,23H,5-7,10-16H2,1-2H3/t17?,18-,19-,20+,23?,24-,25-/m0/s1. The fourth-order valence-corrected chi connectivity index (χ4v) is 8.31. The number of halogens is 1. The highest BCUT2D eigenvalue weighted by molar-refractivity contribution is 6.32. The van der Waals surface area contributed by atoms with Crippen LogP contribution in [-0.4, -0.2) is 6.10 Å². The Morgan fingerprint density at radius 2 is 1.67 bits per heavy atom. The molecular formula is C25H35ClO. The molecule has 1 aromatic carbocycles. The molecule has 0 aliphatic heterocycles. The first kappa shape index (κ1) is 18.3. The van der Waals surface area contributed by atoms with Crippen LogP contribution in [0.25, 0.3) is 0 Å². The maximum Gasteiger partial charge on any atom is 0.138 e. The molecule has 1 aromatic rings. The summed E-state index contributed by atoms with van der Waals surface area (Å²) >= 11 is 6.40. The lowest BCUT2D eigenvalue weighted by Crippen LogP contribution is -2.53. The molecule has 0 aromatic heterocycles. The Bertz CT molecular complexity index is 701. The van der Waals surface area contributed by atoms with Gasteiger partial charge in [-0.15, -0.1) is 0 Å². The number of para-hydroxylation sites is 1. The summed E-state index contributed by atoms with van der Waals surface area (Å²) in [5.74, 6) is 4.64. The van der Waals surface area contributed by atoms with E-state index in [-0.39, 0.29) is 0 Å². The van der Waals surface area contributed by atoms with Crippen molar-refractivity contribution in [3.05, 3.63) is 29.3 Å². The van der Waals surface area contributed by atoms with Crippen LogP contribution >= 0.6 is 11.6 Å². The molecule has 0 spiro atoms. The smallest absolute Gasteiger partial charge is 0.138 e. The van der Waals surface area contributed by atoms with Gasteiger partial charge in [0.15, 0.2) is 0 Å². The summed E-state index contributed by atoms with van der Waals surface area (Å²) in [6.45, 7) is 5.21. The summed E-state index contributed by atoms with van der Waals surface area (Å²) in [4.78, 5) is 0. The second-order valence-electron chi connectivity index (χ2n) is 10.6. The highest BCUT2D eigenvalue weighted by atomic mass is 35.5. The number of hydrogen-bond donors (Lipinski definition) is 0. The van der Waals surface area contributed by atoms with Crippen molar-refractivity contribution in [2.45, 2.75) is 84.2 Å². The van der Waals surface area contributed by atoms with Crippen LogP contribution in [0.2, 0.25) is 5.02 Å². The number of hydrogen-bond acceptors (Lipinski definition) is 1. The Hall–Kier alpha value is -0.690. The van der Waals surface area contributed by atoms with Gasteiger partial charge in [-0.05, 0) is 92.6 Å². The van der Waals surface area contributed by atoms with E-state index in [0.29, 0.717) is 16.9 Å². The van der Waals surface area contributed by atoms with Gasteiger partial charge in [-0.2, -0.15) is 0 Å². The van der Waals surface area contributed by atoms with Crippen molar-refractivity contribution in [1.82, 2.24) is 0 Å². The number of ether oxygens (including phenoxy) is 1. The first-order valence-corrected chi connectivity index (χ1v) is 11.8. The van der Waals surface area contributed by atoms with Crippen molar-refractivity contribution in [3.8, 4) is 5.75 Å². The summed E-state index contributed by atoms with van der Waals surface area (Å²) in [5.41, 5.74) is 0.961. The molecule has 0 radical (unpaired) electrons. The van der Waals surface area contributed by atoms with Crippen LogP contribution in [0.1, 0.15) is 78.1 Å². The van der Waals surface area contributed by atoms with Gasteiger partial charge in [0.25, 0.3) is 0 Å². The van der Waals surface area contributed by atoms with Crippen molar-refractivity contribution in [1.29, 1.82) is 0 Å². The van der Waals surface area contributed by atoms with Crippen molar-refractivity contribution in [2.24, 2.45) is 34.5 Å². The average Bonchev–Trinajstić information content (AvgIpc) is 2.99. The van der Waals surface area contributed by atoms with Crippen molar-refractivity contribution >= 4 is 11.6 Å². The molecule has 0 N–H and O–H groups in total. The van der Waals surface area contributed by atoms with Gasteiger partial charge in [-0.1, -0.05) is 50.4 Å². The van der Waals surface area contributed by atoms with Crippen molar-refractivity contribution in [3.63, 3.8) is 0 Å². The second-order valence-corrected chi connectivity index (χ2v) is 11.0. The van der Waals surface area contributed by atoms with Crippen LogP contribution in [0.5, 0.6) is 5.75 Å².